The maximum atomic E-state index is 11.8. The third kappa shape index (κ3) is 4.14. The molecule has 0 fully saturated rings. The van der Waals surface area contributed by atoms with Crippen LogP contribution in [-0.2, 0) is 11.2 Å². The van der Waals surface area contributed by atoms with Crippen LogP contribution in [0.2, 0.25) is 0 Å². The molecule has 3 nitrogen and oxygen atoms in total. The molecule has 2 aromatic rings. The molecule has 2 aromatic carbocycles. The van der Waals surface area contributed by atoms with E-state index in [2.05, 4.69) is 0 Å². The van der Waals surface area contributed by atoms with Gasteiger partial charge in [-0.3, -0.25) is 4.79 Å². The second kappa shape index (κ2) is 6.59. The summed E-state index contributed by atoms with van der Waals surface area (Å²) in [6.45, 7) is 0.0845. The van der Waals surface area contributed by atoms with E-state index >= 15 is 0 Å². The summed E-state index contributed by atoms with van der Waals surface area (Å²) in [4.78, 5) is 11.8. The first-order valence-electron chi connectivity index (χ1n) is 6.10. The molecule has 0 N–H and O–H groups in total. The molecule has 0 heterocycles. The van der Waals surface area contributed by atoms with E-state index in [1.807, 2.05) is 54.6 Å². The Labute approximate surface area is 112 Å². The molecule has 19 heavy (non-hydrogen) atoms. The van der Waals surface area contributed by atoms with Crippen molar-refractivity contribution in [2.75, 3.05) is 13.7 Å². The lowest BCUT2D eigenvalue weighted by Gasteiger charge is -2.06. The number of para-hydroxylation sites is 1. The zero-order valence-corrected chi connectivity index (χ0v) is 10.8. The van der Waals surface area contributed by atoms with Crippen LogP contribution in [0.25, 0.3) is 0 Å². The standard InChI is InChI=1S/C16H16O3/c1-18-16-9-5-6-13(11-16)10-14(17)12-19-15-7-3-2-4-8-15/h2-9,11H,10,12H2,1H3. The molecule has 0 unspecified atom stereocenters. The number of methoxy groups -OCH3 is 1. The molecule has 0 radical (unpaired) electrons. The van der Waals surface area contributed by atoms with Crippen molar-refractivity contribution in [2.45, 2.75) is 6.42 Å². The quantitative estimate of drug-likeness (QED) is 0.797. The van der Waals surface area contributed by atoms with Crippen molar-refractivity contribution in [1.82, 2.24) is 0 Å². The van der Waals surface area contributed by atoms with Gasteiger partial charge in [-0.1, -0.05) is 30.3 Å². The summed E-state index contributed by atoms with van der Waals surface area (Å²) in [6, 6.07) is 16.8. The first kappa shape index (κ1) is 13.1. The van der Waals surface area contributed by atoms with Gasteiger partial charge < -0.3 is 9.47 Å². The van der Waals surface area contributed by atoms with Crippen LogP contribution in [0.3, 0.4) is 0 Å². The van der Waals surface area contributed by atoms with E-state index < -0.39 is 0 Å². The highest BCUT2D eigenvalue weighted by Crippen LogP contribution is 2.13. The van der Waals surface area contributed by atoms with Crippen LogP contribution in [0.4, 0.5) is 0 Å². The monoisotopic (exact) mass is 256 g/mol. The van der Waals surface area contributed by atoms with E-state index in [0.717, 1.165) is 11.3 Å². The van der Waals surface area contributed by atoms with Gasteiger partial charge in [-0.15, -0.1) is 0 Å². The summed E-state index contributed by atoms with van der Waals surface area (Å²) in [5.74, 6) is 1.51. The molecule has 0 aliphatic rings. The zero-order valence-electron chi connectivity index (χ0n) is 10.8. The summed E-state index contributed by atoms with van der Waals surface area (Å²) in [5, 5.41) is 0. The molecular weight excluding hydrogens is 240 g/mol. The normalized spacial score (nSPS) is 9.95. The minimum Gasteiger partial charge on any atom is -0.497 e. The topological polar surface area (TPSA) is 35.5 Å². The Morgan fingerprint density at radius 2 is 1.74 bits per heavy atom. The van der Waals surface area contributed by atoms with Crippen LogP contribution in [0.15, 0.2) is 54.6 Å². The smallest absolute Gasteiger partial charge is 0.174 e. The maximum Gasteiger partial charge on any atom is 0.174 e. The summed E-state index contributed by atoms with van der Waals surface area (Å²) in [5.41, 5.74) is 0.931. The molecule has 0 amide bonds. The molecule has 0 aliphatic carbocycles. The predicted molar refractivity (Wildman–Crippen MR) is 73.6 cm³/mol. The van der Waals surface area contributed by atoms with Crippen LogP contribution >= 0.6 is 0 Å². The second-order valence-corrected chi connectivity index (χ2v) is 4.17. The number of rotatable bonds is 6. The molecule has 0 saturated carbocycles. The van der Waals surface area contributed by atoms with Crippen LogP contribution in [-0.4, -0.2) is 19.5 Å². The molecule has 0 atom stereocenters. The molecule has 0 aliphatic heterocycles. The largest absolute Gasteiger partial charge is 0.497 e. The van der Waals surface area contributed by atoms with E-state index in [0.29, 0.717) is 12.2 Å². The number of Topliss-reactive ketones (excluding diaryl/α,β-unsaturated/α-hetero) is 1. The van der Waals surface area contributed by atoms with Gasteiger partial charge in [0.25, 0.3) is 0 Å². The third-order valence-electron chi connectivity index (χ3n) is 2.68. The van der Waals surface area contributed by atoms with Crippen molar-refractivity contribution in [3.63, 3.8) is 0 Å². The Hall–Kier alpha value is -2.29. The number of ether oxygens (including phenoxy) is 2. The van der Waals surface area contributed by atoms with Gasteiger partial charge in [-0.2, -0.15) is 0 Å². The number of carbonyl (C=O) groups is 1. The molecule has 0 aromatic heterocycles. The molecule has 0 spiro atoms. The van der Waals surface area contributed by atoms with Gasteiger partial charge in [0.15, 0.2) is 5.78 Å². The molecule has 2 rings (SSSR count). The van der Waals surface area contributed by atoms with Crippen LogP contribution in [0, 0.1) is 0 Å². The average molecular weight is 256 g/mol. The fraction of sp³-hybridized carbons (Fsp3) is 0.188. The van der Waals surface area contributed by atoms with Crippen molar-refractivity contribution in [1.29, 1.82) is 0 Å². The van der Waals surface area contributed by atoms with E-state index in [9.17, 15) is 4.79 Å². The highest BCUT2D eigenvalue weighted by Gasteiger charge is 2.05. The van der Waals surface area contributed by atoms with Gasteiger partial charge >= 0.3 is 0 Å². The van der Waals surface area contributed by atoms with Crippen molar-refractivity contribution >= 4 is 5.78 Å². The Kier molecular flexibility index (Phi) is 4.56. The van der Waals surface area contributed by atoms with Crippen LogP contribution in [0.1, 0.15) is 5.56 Å². The highest BCUT2D eigenvalue weighted by molar-refractivity contribution is 5.82. The summed E-state index contributed by atoms with van der Waals surface area (Å²) < 4.78 is 10.5. The molecular formula is C16H16O3. The van der Waals surface area contributed by atoms with Crippen LogP contribution in [0.5, 0.6) is 11.5 Å². The van der Waals surface area contributed by atoms with Crippen LogP contribution < -0.4 is 9.47 Å². The molecule has 0 saturated heterocycles. The highest BCUT2D eigenvalue weighted by atomic mass is 16.5. The van der Waals surface area contributed by atoms with E-state index in [-0.39, 0.29) is 12.4 Å². The van der Waals surface area contributed by atoms with E-state index in [4.69, 9.17) is 9.47 Å². The van der Waals surface area contributed by atoms with Crippen molar-refractivity contribution in [3.8, 4) is 11.5 Å². The van der Waals surface area contributed by atoms with Gasteiger partial charge in [0.1, 0.15) is 18.1 Å². The predicted octanol–water partition coefficient (Wildman–Crippen LogP) is 2.89. The lowest BCUT2D eigenvalue weighted by Crippen LogP contribution is -2.13. The van der Waals surface area contributed by atoms with Gasteiger partial charge in [-0.05, 0) is 29.8 Å². The lowest BCUT2D eigenvalue weighted by atomic mass is 10.1. The average Bonchev–Trinajstić information content (AvgIpc) is 2.46. The number of ketones is 1. The number of benzene rings is 2. The van der Waals surface area contributed by atoms with Crippen molar-refractivity contribution in [3.05, 3.63) is 60.2 Å². The Balaban J connectivity index is 1.87. The van der Waals surface area contributed by atoms with E-state index in [1.54, 1.807) is 7.11 Å². The fourth-order valence-electron chi connectivity index (χ4n) is 1.74. The molecule has 98 valence electrons. The Morgan fingerprint density at radius 1 is 1.00 bits per heavy atom. The van der Waals surface area contributed by atoms with Gasteiger partial charge in [0, 0.05) is 6.42 Å². The number of hydrogen-bond donors (Lipinski definition) is 0. The molecule has 3 heteroatoms. The summed E-state index contributed by atoms with van der Waals surface area (Å²) >= 11 is 0. The summed E-state index contributed by atoms with van der Waals surface area (Å²) in [6.07, 6.45) is 0.351. The minimum atomic E-state index is 0.0390. The number of carbonyl (C=O) groups excluding carboxylic acids is 1. The lowest BCUT2D eigenvalue weighted by molar-refractivity contribution is -0.120. The van der Waals surface area contributed by atoms with E-state index in [1.165, 1.54) is 0 Å². The fourth-order valence-corrected chi connectivity index (χ4v) is 1.74. The SMILES string of the molecule is COc1cccc(CC(=O)COc2ccccc2)c1. The second-order valence-electron chi connectivity index (χ2n) is 4.17. The van der Waals surface area contributed by atoms with Crippen molar-refractivity contribution < 1.29 is 14.3 Å². The van der Waals surface area contributed by atoms with Crippen molar-refractivity contribution in [2.24, 2.45) is 0 Å². The molecule has 0 bridgehead atoms. The Bertz CT molecular complexity index is 535. The van der Waals surface area contributed by atoms with Gasteiger partial charge in [-0.25, -0.2) is 0 Å². The van der Waals surface area contributed by atoms with Gasteiger partial charge in [0.05, 0.1) is 7.11 Å². The minimum absolute atomic E-state index is 0.0390. The zero-order chi connectivity index (χ0) is 13.5. The summed E-state index contributed by atoms with van der Waals surface area (Å²) in [7, 11) is 1.61. The first-order chi connectivity index (χ1) is 9.28. The first-order valence-corrected chi connectivity index (χ1v) is 6.10. The maximum absolute atomic E-state index is 11.8. The third-order valence-corrected chi connectivity index (χ3v) is 2.68. The van der Waals surface area contributed by atoms with Gasteiger partial charge in [0.2, 0.25) is 0 Å². The number of hydrogen-bond acceptors (Lipinski definition) is 3. The Morgan fingerprint density at radius 3 is 2.47 bits per heavy atom.